The van der Waals surface area contributed by atoms with Gasteiger partial charge in [0.1, 0.15) is 6.10 Å². The predicted octanol–water partition coefficient (Wildman–Crippen LogP) is 3.12. The molecule has 0 radical (unpaired) electrons. The standard InChI is InChI=1S/C19H19F3N2O5S/c1-28-18(25)13-2-5-16(6-3-13)30(26,27)24-10-8-15(9-11-24)29-17-7-4-14(12-23-17)19(20,21)22/h2-7,12,15H,8-11H2,1H3. The van der Waals surface area contributed by atoms with Gasteiger partial charge in [0.05, 0.1) is 23.1 Å². The number of hydrogen-bond donors (Lipinski definition) is 0. The highest BCUT2D eigenvalue weighted by atomic mass is 32.2. The molecule has 2 heterocycles. The molecule has 1 aliphatic heterocycles. The van der Waals surface area contributed by atoms with Crippen LogP contribution >= 0.6 is 0 Å². The number of aromatic nitrogens is 1. The Morgan fingerprint density at radius 1 is 1.10 bits per heavy atom. The molecule has 0 spiro atoms. The van der Waals surface area contributed by atoms with Crippen LogP contribution in [0.3, 0.4) is 0 Å². The zero-order valence-electron chi connectivity index (χ0n) is 15.9. The Balaban J connectivity index is 1.60. The zero-order valence-corrected chi connectivity index (χ0v) is 16.7. The first kappa shape index (κ1) is 22.0. The number of rotatable bonds is 5. The van der Waals surface area contributed by atoms with Crippen molar-refractivity contribution in [1.82, 2.24) is 9.29 Å². The summed E-state index contributed by atoms with van der Waals surface area (Å²) in [4.78, 5) is 15.2. The number of hydrogen-bond acceptors (Lipinski definition) is 6. The highest BCUT2D eigenvalue weighted by Gasteiger charge is 2.32. The first-order valence-corrected chi connectivity index (χ1v) is 10.4. The molecule has 1 aromatic heterocycles. The number of ether oxygens (including phenoxy) is 2. The first-order valence-electron chi connectivity index (χ1n) is 8.99. The Bertz CT molecular complexity index is 984. The Kier molecular flexibility index (Phi) is 6.32. The molecule has 0 atom stereocenters. The van der Waals surface area contributed by atoms with Gasteiger partial charge in [0.25, 0.3) is 0 Å². The molecule has 1 aliphatic rings. The van der Waals surface area contributed by atoms with Crippen LogP contribution in [0.2, 0.25) is 0 Å². The third-order valence-corrected chi connectivity index (χ3v) is 6.58. The van der Waals surface area contributed by atoms with E-state index in [-0.39, 0.29) is 35.5 Å². The minimum Gasteiger partial charge on any atom is -0.474 e. The van der Waals surface area contributed by atoms with E-state index in [1.165, 1.54) is 35.7 Å². The van der Waals surface area contributed by atoms with Crippen molar-refractivity contribution in [1.29, 1.82) is 0 Å². The van der Waals surface area contributed by atoms with Crippen LogP contribution in [0, 0.1) is 0 Å². The number of benzene rings is 1. The van der Waals surface area contributed by atoms with Crippen LogP contribution in [0.5, 0.6) is 5.88 Å². The van der Waals surface area contributed by atoms with Gasteiger partial charge in [-0.3, -0.25) is 0 Å². The smallest absolute Gasteiger partial charge is 0.417 e. The summed E-state index contributed by atoms with van der Waals surface area (Å²) in [6.07, 6.45) is -3.40. The molecular weight excluding hydrogens is 425 g/mol. The number of carbonyl (C=O) groups excluding carboxylic acids is 1. The van der Waals surface area contributed by atoms with Crippen molar-refractivity contribution in [2.75, 3.05) is 20.2 Å². The summed E-state index contributed by atoms with van der Waals surface area (Å²) in [5.74, 6) is -0.503. The molecule has 0 bridgehead atoms. The number of methoxy groups -OCH3 is 1. The fourth-order valence-electron chi connectivity index (χ4n) is 3.01. The summed E-state index contributed by atoms with van der Waals surface area (Å²) in [7, 11) is -2.51. The van der Waals surface area contributed by atoms with Crippen molar-refractivity contribution < 1.29 is 35.9 Å². The monoisotopic (exact) mass is 444 g/mol. The van der Waals surface area contributed by atoms with E-state index in [0.717, 1.165) is 12.1 Å². The van der Waals surface area contributed by atoms with Gasteiger partial charge < -0.3 is 9.47 Å². The van der Waals surface area contributed by atoms with Gasteiger partial charge in [-0.15, -0.1) is 0 Å². The minimum atomic E-state index is -4.47. The van der Waals surface area contributed by atoms with Crippen molar-refractivity contribution in [3.05, 3.63) is 53.7 Å². The van der Waals surface area contributed by atoms with Crippen LogP contribution in [0.15, 0.2) is 47.5 Å². The summed E-state index contributed by atoms with van der Waals surface area (Å²) in [5.41, 5.74) is -0.624. The molecule has 0 unspecified atom stereocenters. The van der Waals surface area contributed by atoms with Crippen LogP contribution in [-0.2, 0) is 20.9 Å². The molecule has 1 aromatic carbocycles. The number of carbonyl (C=O) groups is 1. The van der Waals surface area contributed by atoms with E-state index < -0.39 is 27.7 Å². The maximum Gasteiger partial charge on any atom is 0.417 e. The number of sulfonamides is 1. The van der Waals surface area contributed by atoms with Gasteiger partial charge in [0.2, 0.25) is 15.9 Å². The maximum atomic E-state index is 12.8. The summed E-state index contributed by atoms with van der Waals surface area (Å²) in [5, 5.41) is 0. The molecule has 0 aliphatic carbocycles. The Morgan fingerprint density at radius 3 is 2.23 bits per heavy atom. The number of alkyl halides is 3. The number of piperidine rings is 1. The Hall–Kier alpha value is -2.66. The van der Waals surface area contributed by atoms with E-state index in [1.54, 1.807) is 0 Å². The lowest BCUT2D eigenvalue weighted by molar-refractivity contribution is -0.137. The quantitative estimate of drug-likeness (QED) is 0.659. The molecule has 162 valence electrons. The normalized spacial score (nSPS) is 16.3. The molecule has 1 fully saturated rings. The van der Waals surface area contributed by atoms with E-state index in [1.807, 2.05) is 0 Å². The van der Waals surface area contributed by atoms with Crippen molar-refractivity contribution in [3.63, 3.8) is 0 Å². The van der Waals surface area contributed by atoms with Crippen molar-refractivity contribution in [3.8, 4) is 5.88 Å². The highest BCUT2D eigenvalue weighted by molar-refractivity contribution is 7.89. The second-order valence-corrected chi connectivity index (χ2v) is 8.56. The van der Waals surface area contributed by atoms with Gasteiger partial charge in [-0.2, -0.15) is 17.5 Å². The molecule has 7 nitrogen and oxygen atoms in total. The number of nitrogens with zero attached hydrogens (tertiary/aromatic N) is 2. The molecule has 3 rings (SSSR count). The second-order valence-electron chi connectivity index (χ2n) is 6.62. The van der Waals surface area contributed by atoms with E-state index in [2.05, 4.69) is 9.72 Å². The second kappa shape index (κ2) is 8.60. The summed E-state index contributed by atoms with van der Waals surface area (Å²) in [6, 6.07) is 7.48. The van der Waals surface area contributed by atoms with Crippen molar-refractivity contribution >= 4 is 16.0 Å². The van der Waals surface area contributed by atoms with Gasteiger partial charge in [-0.1, -0.05) is 0 Å². The van der Waals surface area contributed by atoms with Gasteiger partial charge in [0.15, 0.2) is 0 Å². The average molecular weight is 444 g/mol. The molecule has 1 saturated heterocycles. The summed E-state index contributed by atoms with van der Waals surface area (Å²) in [6.45, 7) is 0.374. The van der Waals surface area contributed by atoms with E-state index in [0.29, 0.717) is 19.0 Å². The molecule has 0 amide bonds. The third-order valence-electron chi connectivity index (χ3n) is 4.67. The number of halogens is 3. The van der Waals surface area contributed by atoms with Crippen molar-refractivity contribution in [2.24, 2.45) is 0 Å². The summed E-state index contributed by atoms with van der Waals surface area (Å²) < 4.78 is 74.8. The lowest BCUT2D eigenvalue weighted by Gasteiger charge is -2.31. The van der Waals surface area contributed by atoms with Gasteiger partial charge in [-0.25, -0.2) is 18.2 Å². The van der Waals surface area contributed by atoms with Crippen LogP contribution < -0.4 is 4.74 Å². The van der Waals surface area contributed by atoms with E-state index >= 15 is 0 Å². The Morgan fingerprint density at radius 2 is 1.73 bits per heavy atom. The van der Waals surface area contributed by atoms with Crippen LogP contribution in [-0.4, -0.2) is 50.0 Å². The zero-order chi connectivity index (χ0) is 21.9. The van der Waals surface area contributed by atoms with Gasteiger partial charge >= 0.3 is 12.1 Å². The largest absolute Gasteiger partial charge is 0.474 e. The lowest BCUT2D eigenvalue weighted by atomic mass is 10.1. The molecule has 0 N–H and O–H groups in total. The van der Waals surface area contributed by atoms with Gasteiger partial charge in [0, 0.05) is 25.4 Å². The van der Waals surface area contributed by atoms with Crippen LogP contribution in [0.1, 0.15) is 28.8 Å². The fraction of sp³-hybridized carbons (Fsp3) is 0.368. The van der Waals surface area contributed by atoms with E-state index in [9.17, 15) is 26.4 Å². The lowest BCUT2D eigenvalue weighted by Crippen LogP contribution is -2.41. The molecule has 30 heavy (non-hydrogen) atoms. The average Bonchev–Trinajstić information content (AvgIpc) is 2.73. The maximum absolute atomic E-state index is 12.8. The van der Waals surface area contributed by atoms with Crippen LogP contribution in [0.4, 0.5) is 13.2 Å². The molecule has 11 heteroatoms. The molecule has 2 aromatic rings. The SMILES string of the molecule is COC(=O)c1ccc(S(=O)(=O)N2CCC(Oc3ccc(C(F)(F)F)cn3)CC2)cc1. The minimum absolute atomic E-state index is 0.0546. The first-order chi connectivity index (χ1) is 14.1. The molecular formula is C19H19F3N2O5S. The third kappa shape index (κ3) is 4.90. The fourth-order valence-corrected chi connectivity index (χ4v) is 4.48. The van der Waals surface area contributed by atoms with Gasteiger partial charge in [-0.05, 0) is 43.2 Å². The topological polar surface area (TPSA) is 85.8 Å². The number of esters is 1. The summed E-state index contributed by atoms with van der Waals surface area (Å²) >= 11 is 0. The predicted molar refractivity (Wildman–Crippen MR) is 99.4 cm³/mol. The number of pyridine rings is 1. The Labute approximate surface area is 171 Å². The molecule has 0 saturated carbocycles. The van der Waals surface area contributed by atoms with Crippen molar-refractivity contribution in [2.45, 2.75) is 30.0 Å². The van der Waals surface area contributed by atoms with Crippen LogP contribution in [0.25, 0.3) is 0 Å². The highest BCUT2D eigenvalue weighted by Crippen LogP contribution is 2.30. The van der Waals surface area contributed by atoms with E-state index in [4.69, 9.17) is 4.74 Å².